The molecule has 3 heteroatoms. The Hall–Kier alpha value is -0.271. The van der Waals surface area contributed by atoms with Crippen molar-refractivity contribution in [1.82, 2.24) is 0 Å². The molecule has 0 aromatic rings. The van der Waals surface area contributed by atoms with Crippen molar-refractivity contribution in [3.8, 4) is 0 Å². The first-order valence-electron chi connectivity index (χ1n) is 8.76. The molecule has 0 heterocycles. The Labute approximate surface area is 140 Å². The predicted octanol–water partition coefficient (Wildman–Crippen LogP) is 6.03. The molecule has 0 N–H and O–H groups in total. The molecule has 125 valence electrons. The van der Waals surface area contributed by atoms with Crippen molar-refractivity contribution in [2.75, 3.05) is 0 Å². The van der Waals surface area contributed by atoms with Crippen molar-refractivity contribution in [2.45, 2.75) is 96.8 Å². The molecular weight excluding hydrogens is 304 g/mol. The zero-order valence-corrected chi connectivity index (χ0v) is 14.8. The van der Waals surface area contributed by atoms with Gasteiger partial charge in [-0.15, -0.1) is 0 Å². The van der Waals surface area contributed by atoms with Crippen LogP contribution in [0.1, 0.15) is 96.8 Å². The van der Waals surface area contributed by atoms with E-state index in [4.69, 9.17) is 0 Å². The monoisotopic (exact) mass is 337 g/mol. The van der Waals surface area contributed by atoms with Crippen LogP contribution in [0.15, 0.2) is 12.2 Å². The predicted molar refractivity (Wildman–Crippen MR) is 85.5 cm³/mol. The second-order valence-electron chi connectivity index (χ2n) is 5.78. The van der Waals surface area contributed by atoms with Gasteiger partial charge in [0.2, 0.25) is 0 Å². The van der Waals surface area contributed by atoms with Gasteiger partial charge in [0.1, 0.15) is 0 Å². The number of allylic oxidation sites excluding steroid dienone is 2. The zero-order valence-electron chi connectivity index (χ0n) is 13.7. The van der Waals surface area contributed by atoms with Gasteiger partial charge in [0.05, 0.1) is 0 Å². The minimum atomic E-state index is -0.187. The summed E-state index contributed by atoms with van der Waals surface area (Å²) in [6, 6.07) is 0. The maximum absolute atomic E-state index is 10.9. The normalized spacial score (nSPS) is 11.1. The Morgan fingerprint density at radius 2 is 1.29 bits per heavy atom. The molecule has 0 aromatic heterocycles. The van der Waals surface area contributed by atoms with Gasteiger partial charge >= 0.3 is 94.4 Å². The molecule has 0 spiro atoms. The Bertz CT molecular complexity index is 252. The van der Waals surface area contributed by atoms with Crippen molar-refractivity contribution in [2.24, 2.45) is 0 Å². The number of carbonyl (C=O) groups is 1. The Morgan fingerprint density at radius 1 is 0.810 bits per heavy atom. The van der Waals surface area contributed by atoms with Crippen molar-refractivity contribution in [1.29, 1.82) is 0 Å². The van der Waals surface area contributed by atoms with Gasteiger partial charge in [-0.05, 0) is 6.42 Å². The van der Waals surface area contributed by atoms with Crippen LogP contribution in [0.2, 0.25) is 0 Å². The van der Waals surface area contributed by atoms with Crippen LogP contribution >= 0.6 is 0 Å². The van der Waals surface area contributed by atoms with Crippen LogP contribution in [-0.2, 0) is 25.0 Å². The number of hydrogen-bond acceptors (Lipinski definition) is 2. The van der Waals surface area contributed by atoms with E-state index in [0.717, 1.165) is 12.8 Å². The molecule has 0 aliphatic heterocycles. The SMILES string of the molecule is CCCCCCCC/C=C\CCCCCCCC(=O)[O][Fe]. The summed E-state index contributed by atoms with van der Waals surface area (Å²) in [5.41, 5.74) is 0. The van der Waals surface area contributed by atoms with Gasteiger partial charge < -0.3 is 0 Å². The molecule has 0 aromatic carbocycles. The van der Waals surface area contributed by atoms with Gasteiger partial charge in [0.15, 0.2) is 0 Å². The third-order valence-electron chi connectivity index (χ3n) is 3.72. The van der Waals surface area contributed by atoms with Gasteiger partial charge in [0, 0.05) is 0 Å². The Balaban J connectivity index is 3.10. The van der Waals surface area contributed by atoms with E-state index in [1.54, 1.807) is 0 Å². The van der Waals surface area contributed by atoms with Gasteiger partial charge in [-0.3, -0.25) is 0 Å². The molecule has 21 heavy (non-hydrogen) atoms. The summed E-state index contributed by atoms with van der Waals surface area (Å²) >= 11 is 3.12. The van der Waals surface area contributed by atoms with Crippen molar-refractivity contribution in [3.63, 3.8) is 0 Å². The third kappa shape index (κ3) is 17.7. The summed E-state index contributed by atoms with van der Waals surface area (Å²) in [6.45, 7) is 2.26. The fourth-order valence-electron chi connectivity index (χ4n) is 2.38. The van der Waals surface area contributed by atoms with Gasteiger partial charge in [-0.25, -0.2) is 0 Å². The molecule has 0 amide bonds. The fourth-order valence-corrected chi connectivity index (χ4v) is 2.49. The first kappa shape index (κ1) is 20.7. The summed E-state index contributed by atoms with van der Waals surface area (Å²) in [5.74, 6) is -0.187. The summed E-state index contributed by atoms with van der Waals surface area (Å²) in [7, 11) is 0. The zero-order chi connectivity index (χ0) is 15.6. The van der Waals surface area contributed by atoms with Crippen LogP contribution in [0, 0.1) is 0 Å². The Morgan fingerprint density at radius 3 is 1.81 bits per heavy atom. The van der Waals surface area contributed by atoms with Gasteiger partial charge in [-0.2, -0.15) is 0 Å². The molecule has 0 aliphatic rings. The van der Waals surface area contributed by atoms with Crippen molar-refractivity contribution in [3.05, 3.63) is 12.2 Å². The average molecular weight is 337 g/mol. The molecular formula is C18H33FeO2. The summed E-state index contributed by atoms with van der Waals surface area (Å²) in [6.07, 6.45) is 21.8. The quantitative estimate of drug-likeness (QED) is 0.207. The molecule has 0 saturated heterocycles. The fraction of sp³-hybridized carbons (Fsp3) is 0.833. The van der Waals surface area contributed by atoms with E-state index in [2.05, 4.69) is 39.2 Å². The van der Waals surface area contributed by atoms with E-state index < -0.39 is 0 Å². The summed E-state index contributed by atoms with van der Waals surface area (Å²) in [4.78, 5) is 10.9. The second-order valence-corrected chi connectivity index (χ2v) is 6.00. The van der Waals surface area contributed by atoms with Crippen LogP contribution in [0.5, 0.6) is 0 Å². The van der Waals surface area contributed by atoms with Gasteiger partial charge in [-0.1, -0.05) is 39.0 Å². The molecule has 0 rings (SSSR count). The van der Waals surface area contributed by atoms with E-state index in [1.165, 1.54) is 70.6 Å². The standard InChI is InChI=1S/C18H34O2.Fe/c1-2-3-4-5-6-7-8-9-10-11-12-13-14-15-16-17-18(19)20;/h9-10H,2-8,11-17H2,1H3,(H,19,20);/q;+1/p-1/b10-9-;. The van der Waals surface area contributed by atoms with Crippen LogP contribution < -0.4 is 0 Å². The van der Waals surface area contributed by atoms with E-state index in [9.17, 15) is 4.79 Å². The summed E-state index contributed by atoms with van der Waals surface area (Å²) < 4.78 is 4.37. The van der Waals surface area contributed by atoms with Crippen LogP contribution in [0.4, 0.5) is 0 Å². The van der Waals surface area contributed by atoms with Crippen molar-refractivity contribution >= 4 is 5.97 Å². The molecule has 0 bridgehead atoms. The van der Waals surface area contributed by atoms with Crippen LogP contribution in [0.25, 0.3) is 0 Å². The third-order valence-corrected chi connectivity index (χ3v) is 3.97. The molecule has 2 nitrogen and oxygen atoms in total. The van der Waals surface area contributed by atoms with Crippen LogP contribution in [0.3, 0.4) is 0 Å². The van der Waals surface area contributed by atoms with E-state index in [0.29, 0.717) is 6.42 Å². The van der Waals surface area contributed by atoms with Crippen LogP contribution in [-0.4, -0.2) is 5.97 Å². The number of carbonyl (C=O) groups excluding carboxylic acids is 1. The first-order chi connectivity index (χ1) is 10.3. The molecule has 0 saturated carbocycles. The van der Waals surface area contributed by atoms with Crippen molar-refractivity contribution < 1.29 is 25.0 Å². The first-order valence-corrected chi connectivity index (χ1v) is 9.21. The summed E-state index contributed by atoms with van der Waals surface area (Å²) in [5, 5.41) is 0. The molecule has 0 radical (unpaired) electrons. The number of rotatable bonds is 15. The minimum absolute atomic E-state index is 0.187. The topological polar surface area (TPSA) is 26.3 Å². The molecule has 0 unspecified atom stereocenters. The Kier molecular flexibility index (Phi) is 17.6. The molecule has 0 fully saturated rings. The molecule has 0 aliphatic carbocycles. The number of unbranched alkanes of at least 4 members (excludes halogenated alkanes) is 11. The maximum atomic E-state index is 10.9. The second kappa shape index (κ2) is 17.8. The number of hydrogen-bond donors (Lipinski definition) is 0. The van der Waals surface area contributed by atoms with E-state index in [1.807, 2.05) is 0 Å². The van der Waals surface area contributed by atoms with Gasteiger partial charge in [0.25, 0.3) is 0 Å². The van der Waals surface area contributed by atoms with E-state index in [-0.39, 0.29) is 5.97 Å². The molecule has 0 atom stereocenters. The van der Waals surface area contributed by atoms with E-state index >= 15 is 0 Å². The average Bonchev–Trinajstić information content (AvgIpc) is 2.50.